The van der Waals surface area contributed by atoms with Crippen molar-refractivity contribution in [3.05, 3.63) is 29.3 Å². The lowest BCUT2D eigenvalue weighted by molar-refractivity contribution is 0.404. The fourth-order valence-corrected chi connectivity index (χ4v) is 4.66. The Hall–Kier alpha value is -1.13. The van der Waals surface area contributed by atoms with Crippen molar-refractivity contribution in [3.8, 4) is 6.07 Å². The highest BCUT2D eigenvalue weighted by Crippen LogP contribution is 2.30. The molecule has 0 bridgehead atoms. The monoisotopic (exact) mass is 329 g/mol. The molecule has 0 amide bonds. The molecular weight excluding hydrogens is 310 g/mol. The summed E-state index contributed by atoms with van der Waals surface area (Å²) in [6.07, 6.45) is 0.784. The Morgan fingerprint density at radius 3 is 2.67 bits per heavy atom. The number of nitrogens with two attached hydrogens (primary N) is 1. The van der Waals surface area contributed by atoms with E-state index in [4.69, 9.17) is 11.0 Å². The van der Waals surface area contributed by atoms with Crippen LogP contribution in [0, 0.1) is 24.2 Å². The van der Waals surface area contributed by atoms with Crippen molar-refractivity contribution in [2.24, 2.45) is 11.7 Å². The molecule has 1 saturated heterocycles. The molecule has 0 aliphatic carbocycles. The summed E-state index contributed by atoms with van der Waals surface area (Å²) < 4.78 is 27.1. The molecular formula is C14H20ClN3O2S. The van der Waals surface area contributed by atoms with Gasteiger partial charge in [-0.3, -0.25) is 0 Å². The molecule has 2 rings (SSSR count). The van der Waals surface area contributed by atoms with E-state index in [1.165, 1.54) is 10.4 Å². The number of benzene rings is 1. The van der Waals surface area contributed by atoms with Gasteiger partial charge in [0.1, 0.15) is 0 Å². The maximum atomic E-state index is 12.8. The van der Waals surface area contributed by atoms with Gasteiger partial charge in [-0.1, -0.05) is 6.07 Å². The first-order valence-corrected chi connectivity index (χ1v) is 8.06. The summed E-state index contributed by atoms with van der Waals surface area (Å²) in [6.45, 7) is 4.59. The van der Waals surface area contributed by atoms with E-state index in [1.807, 2.05) is 13.0 Å². The van der Waals surface area contributed by atoms with Gasteiger partial charge in [0.2, 0.25) is 10.0 Å². The molecule has 21 heavy (non-hydrogen) atoms. The maximum Gasteiger partial charge on any atom is 0.243 e. The molecule has 5 nitrogen and oxygen atoms in total. The molecule has 1 fully saturated rings. The first kappa shape index (κ1) is 17.9. The zero-order chi connectivity index (χ0) is 14.9. The van der Waals surface area contributed by atoms with Crippen LogP contribution in [-0.4, -0.2) is 31.9 Å². The predicted octanol–water partition coefficient (Wildman–Crippen LogP) is 1.65. The molecule has 116 valence electrons. The van der Waals surface area contributed by atoms with Crippen LogP contribution in [0.25, 0.3) is 0 Å². The molecule has 2 unspecified atom stereocenters. The van der Waals surface area contributed by atoms with Gasteiger partial charge in [-0.05, 0) is 50.4 Å². The number of nitrogens with zero attached hydrogens (tertiary/aromatic N) is 2. The molecule has 1 aliphatic heterocycles. The summed E-state index contributed by atoms with van der Waals surface area (Å²) in [7, 11) is -3.57. The quantitative estimate of drug-likeness (QED) is 0.913. The molecule has 1 aromatic rings. The Morgan fingerprint density at radius 2 is 2.14 bits per heavy atom. The van der Waals surface area contributed by atoms with Crippen LogP contribution in [0.15, 0.2) is 23.1 Å². The number of aryl methyl sites for hydroxylation is 1. The third-order valence-corrected chi connectivity index (χ3v) is 5.96. The first-order chi connectivity index (χ1) is 9.40. The third-order valence-electron chi connectivity index (χ3n) is 3.84. The normalized spacial score (nSPS) is 22.6. The molecule has 1 aliphatic rings. The van der Waals surface area contributed by atoms with Gasteiger partial charge in [0, 0.05) is 12.6 Å². The Labute approximate surface area is 132 Å². The van der Waals surface area contributed by atoms with Gasteiger partial charge in [-0.15, -0.1) is 12.4 Å². The van der Waals surface area contributed by atoms with Crippen LogP contribution in [0.4, 0.5) is 0 Å². The van der Waals surface area contributed by atoms with E-state index in [0.29, 0.717) is 24.2 Å². The van der Waals surface area contributed by atoms with E-state index in [2.05, 4.69) is 0 Å². The second-order valence-electron chi connectivity index (χ2n) is 5.35. The van der Waals surface area contributed by atoms with Gasteiger partial charge in [0.05, 0.1) is 16.5 Å². The van der Waals surface area contributed by atoms with Gasteiger partial charge in [0.25, 0.3) is 0 Å². The number of sulfonamides is 1. The van der Waals surface area contributed by atoms with Gasteiger partial charge >= 0.3 is 0 Å². The van der Waals surface area contributed by atoms with Crippen molar-refractivity contribution in [2.75, 3.05) is 13.1 Å². The second kappa shape index (κ2) is 6.75. The molecule has 7 heteroatoms. The highest BCUT2D eigenvalue weighted by atomic mass is 35.5. The topological polar surface area (TPSA) is 87.2 Å². The van der Waals surface area contributed by atoms with E-state index in [-0.39, 0.29) is 29.3 Å². The van der Waals surface area contributed by atoms with E-state index in [1.54, 1.807) is 19.1 Å². The Bertz CT molecular complexity index is 655. The number of nitriles is 1. The van der Waals surface area contributed by atoms with Crippen LogP contribution < -0.4 is 5.73 Å². The summed E-state index contributed by atoms with van der Waals surface area (Å²) in [5, 5.41) is 8.94. The standard InChI is InChI=1S/C14H19N3O2S.ClH/c1-10-3-4-12(7-15)6-14(10)20(18,19)17-9-13(8-16)5-11(17)2;/h3-4,6,11,13H,5,8-9,16H2,1-2H3;1H. The average Bonchev–Trinajstić information content (AvgIpc) is 2.81. The van der Waals surface area contributed by atoms with Crippen molar-refractivity contribution in [3.63, 3.8) is 0 Å². The smallest absolute Gasteiger partial charge is 0.243 e. The predicted molar refractivity (Wildman–Crippen MR) is 83.7 cm³/mol. The fraction of sp³-hybridized carbons (Fsp3) is 0.500. The summed E-state index contributed by atoms with van der Waals surface area (Å²) in [5.41, 5.74) is 6.67. The van der Waals surface area contributed by atoms with Crippen LogP contribution in [0.1, 0.15) is 24.5 Å². The van der Waals surface area contributed by atoms with E-state index in [9.17, 15) is 8.42 Å². The van der Waals surface area contributed by atoms with Crippen LogP contribution in [0.3, 0.4) is 0 Å². The van der Waals surface area contributed by atoms with Crippen molar-refractivity contribution >= 4 is 22.4 Å². The first-order valence-electron chi connectivity index (χ1n) is 6.62. The van der Waals surface area contributed by atoms with E-state index in [0.717, 1.165) is 6.42 Å². The minimum atomic E-state index is -3.57. The van der Waals surface area contributed by atoms with Crippen LogP contribution in [-0.2, 0) is 10.0 Å². The summed E-state index contributed by atoms with van der Waals surface area (Å²) in [6, 6.07) is 6.68. The molecule has 2 atom stereocenters. The van der Waals surface area contributed by atoms with Gasteiger partial charge in [0.15, 0.2) is 0 Å². The molecule has 0 saturated carbocycles. The number of rotatable bonds is 3. The minimum Gasteiger partial charge on any atom is -0.330 e. The van der Waals surface area contributed by atoms with Crippen LogP contribution >= 0.6 is 12.4 Å². The van der Waals surface area contributed by atoms with Crippen molar-refractivity contribution in [2.45, 2.75) is 31.2 Å². The van der Waals surface area contributed by atoms with Gasteiger partial charge in [-0.25, -0.2) is 8.42 Å². The molecule has 0 radical (unpaired) electrons. The van der Waals surface area contributed by atoms with E-state index >= 15 is 0 Å². The van der Waals surface area contributed by atoms with E-state index < -0.39 is 10.0 Å². The Morgan fingerprint density at radius 1 is 1.48 bits per heavy atom. The zero-order valence-electron chi connectivity index (χ0n) is 12.1. The number of hydrogen-bond acceptors (Lipinski definition) is 4. The molecule has 1 aromatic carbocycles. The fourth-order valence-electron chi connectivity index (χ4n) is 2.69. The third kappa shape index (κ3) is 3.38. The lowest BCUT2D eigenvalue weighted by Gasteiger charge is -2.22. The molecule has 1 heterocycles. The number of halogens is 1. The minimum absolute atomic E-state index is 0. The molecule has 2 N–H and O–H groups in total. The molecule has 0 spiro atoms. The SMILES string of the molecule is Cc1ccc(C#N)cc1S(=O)(=O)N1CC(CN)CC1C.Cl. The van der Waals surface area contributed by atoms with Gasteiger partial charge in [-0.2, -0.15) is 9.57 Å². The lowest BCUT2D eigenvalue weighted by atomic mass is 10.1. The zero-order valence-corrected chi connectivity index (χ0v) is 13.7. The second-order valence-corrected chi connectivity index (χ2v) is 7.21. The molecule has 0 aromatic heterocycles. The summed E-state index contributed by atoms with van der Waals surface area (Å²) in [5.74, 6) is 0.208. The Balaban J connectivity index is 0.00000220. The highest BCUT2D eigenvalue weighted by Gasteiger charge is 2.37. The van der Waals surface area contributed by atoms with Crippen LogP contribution in [0.2, 0.25) is 0 Å². The lowest BCUT2D eigenvalue weighted by Crippen LogP contribution is -2.34. The summed E-state index contributed by atoms with van der Waals surface area (Å²) in [4.78, 5) is 0.223. The average molecular weight is 330 g/mol. The summed E-state index contributed by atoms with van der Waals surface area (Å²) >= 11 is 0. The van der Waals surface area contributed by atoms with Crippen molar-refractivity contribution < 1.29 is 8.42 Å². The Kier molecular flexibility index (Phi) is 5.76. The van der Waals surface area contributed by atoms with Crippen LogP contribution in [0.5, 0.6) is 0 Å². The van der Waals surface area contributed by atoms with Gasteiger partial charge < -0.3 is 5.73 Å². The van der Waals surface area contributed by atoms with Crippen molar-refractivity contribution in [1.82, 2.24) is 4.31 Å². The highest BCUT2D eigenvalue weighted by molar-refractivity contribution is 7.89. The maximum absolute atomic E-state index is 12.8. The van der Waals surface area contributed by atoms with Crippen molar-refractivity contribution in [1.29, 1.82) is 5.26 Å². The largest absolute Gasteiger partial charge is 0.330 e. The number of hydrogen-bond donors (Lipinski definition) is 1.